The predicted molar refractivity (Wildman–Crippen MR) is 146 cm³/mol. The van der Waals surface area contributed by atoms with E-state index in [2.05, 4.69) is 5.32 Å². The zero-order valence-corrected chi connectivity index (χ0v) is 22.9. The first kappa shape index (κ1) is 29.9. The number of nitrogens with one attached hydrogen (secondary N) is 1. The second-order valence-electron chi connectivity index (χ2n) is 9.91. The van der Waals surface area contributed by atoms with Gasteiger partial charge in [0.15, 0.2) is 0 Å². The van der Waals surface area contributed by atoms with Crippen LogP contribution in [0.3, 0.4) is 0 Å². The second-order valence-corrected chi connectivity index (χ2v) is 9.91. The fourth-order valence-electron chi connectivity index (χ4n) is 5.06. The standard InChI is InChI=1S/C28H26F4N6O2.ClH/c1-17(19-5-7-20(8-6-19)28(30,31)32)34-27-35-24-10-13-36(25(39)21-9-4-18(15-33)14-23(21)29)16-22(24)26(40)38(27)37-11-2-3-12-37;/h4-9,14,17H,2-3,10-13,16H2,1H3,(H,34,35);1H/t17-;/m0./s1. The van der Waals surface area contributed by atoms with Crippen LogP contribution in [0, 0.1) is 17.1 Å². The van der Waals surface area contributed by atoms with Gasteiger partial charge in [0.25, 0.3) is 11.5 Å². The van der Waals surface area contributed by atoms with Gasteiger partial charge in [-0.1, -0.05) is 12.1 Å². The van der Waals surface area contributed by atoms with E-state index in [1.807, 2.05) is 11.1 Å². The summed E-state index contributed by atoms with van der Waals surface area (Å²) in [5, 5.41) is 14.0. The molecule has 1 amide bonds. The summed E-state index contributed by atoms with van der Waals surface area (Å²) in [6.45, 7) is 3.15. The molecule has 0 aliphatic carbocycles. The first-order valence-electron chi connectivity index (χ1n) is 12.9. The molecule has 0 radical (unpaired) electrons. The highest BCUT2D eigenvalue weighted by Gasteiger charge is 2.32. The number of carbonyl (C=O) groups excluding carboxylic acids is 1. The highest BCUT2D eigenvalue weighted by Crippen LogP contribution is 2.30. The van der Waals surface area contributed by atoms with Crippen LogP contribution in [0.4, 0.5) is 23.5 Å². The molecule has 5 rings (SSSR count). The molecular weight excluding hydrogens is 564 g/mol. The average Bonchev–Trinajstić information content (AvgIpc) is 3.46. The molecule has 0 bridgehead atoms. The number of aromatic nitrogens is 2. The second kappa shape index (κ2) is 11.8. The van der Waals surface area contributed by atoms with Crippen molar-refractivity contribution < 1.29 is 22.4 Å². The normalized spacial score (nSPS) is 15.5. The number of halogens is 5. The minimum absolute atomic E-state index is 0. The smallest absolute Gasteiger partial charge is 0.348 e. The Bertz CT molecular complexity index is 1550. The largest absolute Gasteiger partial charge is 0.416 e. The van der Waals surface area contributed by atoms with Crippen molar-refractivity contribution in [3.05, 3.63) is 92.1 Å². The lowest BCUT2D eigenvalue weighted by molar-refractivity contribution is -0.137. The van der Waals surface area contributed by atoms with E-state index < -0.39 is 29.5 Å². The molecule has 3 heterocycles. The highest BCUT2D eigenvalue weighted by atomic mass is 35.5. The lowest BCUT2D eigenvalue weighted by Crippen LogP contribution is -2.47. The Kier molecular flexibility index (Phi) is 8.58. The Morgan fingerprint density at radius 2 is 1.78 bits per heavy atom. The zero-order valence-electron chi connectivity index (χ0n) is 22.0. The van der Waals surface area contributed by atoms with Crippen LogP contribution in [0.15, 0.2) is 47.3 Å². The van der Waals surface area contributed by atoms with Gasteiger partial charge in [-0.05, 0) is 55.7 Å². The molecule has 13 heteroatoms. The Morgan fingerprint density at radius 3 is 2.39 bits per heavy atom. The van der Waals surface area contributed by atoms with Gasteiger partial charge in [-0.2, -0.15) is 23.1 Å². The van der Waals surface area contributed by atoms with Crippen LogP contribution in [0.25, 0.3) is 0 Å². The molecule has 1 saturated heterocycles. The quantitative estimate of drug-likeness (QED) is 0.429. The molecular formula is C28H27ClF4N6O2. The molecule has 8 nitrogen and oxygen atoms in total. The summed E-state index contributed by atoms with van der Waals surface area (Å²) in [6, 6.07) is 9.83. The van der Waals surface area contributed by atoms with Crippen molar-refractivity contribution in [2.75, 3.05) is 30.0 Å². The van der Waals surface area contributed by atoms with Gasteiger partial charge in [0, 0.05) is 26.1 Å². The molecule has 1 N–H and O–H groups in total. The van der Waals surface area contributed by atoms with E-state index in [0.717, 1.165) is 31.0 Å². The summed E-state index contributed by atoms with van der Waals surface area (Å²) in [7, 11) is 0. The third kappa shape index (κ3) is 6.00. The molecule has 0 saturated carbocycles. The summed E-state index contributed by atoms with van der Waals surface area (Å²) in [5.74, 6) is -1.12. The lowest BCUT2D eigenvalue weighted by atomic mass is 10.0. The molecule has 2 aliphatic rings. The topological polar surface area (TPSA) is 94.3 Å². The SMILES string of the molecule is C[C@H](Nc1nc2c(c(=O)n1N1CCCC1)CN(C(=O)c1ccc(C#N)cc1F)CC2)c1ccc(C(F)(F)F)cc1.Cl. The molecule has 41 heavy (non-hydrogen) atoms. The number of amides is 1. The summed E-state index contributed by atoms with van der Waals surface area (Å²) in [4.78, 5) is 33.1. The Labute approximate surface area is 239 Å². The van der Waals surface area contributed by atoms with E-state index in [4.69, 9.17) is 10.2 Å². The lowest BCUT2D eigenvalue weighted by Gasteiger charge is -2.32. The Hall–Kier alpha value is -4.11. The van der Waals surface area contributed by atoms with E-state index in [9.17, 15) is 27.2 Å². The van der Waals surface area contributed by atoms with Crippen molar-refractivity contribution in [3.63, 3.8) is 0 Å². The van der Waals surface area contributed by atoms with Crippen LogP contribution in [0.5, 0.6) is 0 Å². The molecule has 2 aliphatic heterocycles. The molecule has 0 spiro atoms. The van der Waals surface area contributed by atoms with Gasteiger partial charge in [-0.25, -0.2) is 9.37 Å². The average molecular weight is 591 g/mol. The van der Waals surface area contributed by atoms with Crippen molar-refractivity contribution in [1.29, 1.82) is 5.26 Å². The van der Waals surface area contributed by atoms with E-state index in [0.29, 0.717) is 29.9 Å². The van der Waals surface area contributed by atoms with Crippen LogP contribution < -0.4 is 15.9 Å². The number of hydrogen-bond donors (Lipinski definition) is 1. The fraction of sp³-hybridized carbons (Fsp3) is 0.357. The van der Waals surface area contributed by atoms with Crippen molar-refractivity contribution in [2.45, 2.75) is 44.9 Å². The third-order valence-corrected chi connectivity index (χ3v) is 7.27. The fourth-order valence-corrected chi connectivity index (χ4v) is 5.06. The van der Waals surface area contributed by atoms with Crippen molar-refractivity contribution in [2.24, 2.45) is 0 Å². The molecule has 2 aromatic carbocycles. The van der Waals surface area contributed by atoms with Gasteiger partial charge < -0.3 is 15.2 Å². The summed E-state index contributed by atoms with van der Waals surface area (Å²) in [5.41, 5.74) is 0.241. The van der Waals surface area contributed by atoms with Crippen LogP contribution in [-0.2, 0) is 19.1 Å². The third-order valence-electron chi connectivity index (χ3n) is 7.27. The molecule has 1 fully saturated rings. The number of nitriles is 1. The number of carbonyl (C=O) groups is 1. The number of anilines is 1. The summed E-state index contributed by atoms with van der Waals surface area (Å²) in [6.07, 6.45) is -2.43. The highest BCUT2D eigenvalue weighted by molar-refractivity contribution is 5.94. The van der Waals surface area contributed by atoms with Gasteiger partial charge in [0.05, 0.1) is 46.6 Å². The van der Waals surface area contributed by atoms with Crippen molar-refractivity contribution >= 4 is 24.3 Å². The van der Waals surface area contributed by atoms with Gasteiger partial charge in [-0.15, -0.1) is 12.4 Å². The number of alkyl halides is 3. The monoisotopic (exact) mass is 590 g/mol. The van der Waals surface area contributed by atoms with Crippen molar-refractivity contribution in [3.8, 4) is 6.07 Å². The van der Waals surface area contributed by atoms with Crippen LogP contribution in [0.1, 0.15) is 64.1 Å². The van der Waals surface area contributed by atoms with Crippen molar-refractivity contribution in [1.82, 2.24) is 14.6 Å². The maximum Gasteiger partial charge on any atom is 0.416 e. The van der Waals surface area contributed by atoms with Gasteiger partial charge >= 0.3 is 6.18 Å². The first-order valence-corrected chi connectivity index (χ1v) is 12.9. The van der Waals surface area contributed by atoms with Gasteiger partial charge in [0.2, 0.25) is 5.95 Å². The maximum absolute atomic E-state index is 14.5. The Balaban J connectivity index is 0.00000387. The Morgan fingerprint density at radius 1 is 1.10 bits per heavy atom. The van der Waals surface area contributed by atoms with Gasteiger partial charge in [-0.3, -0.25) is 9.59 Å². The van der Waals surface area contributed by atoms with Crippen LogP contribution in [0.2, 0.25) is 0 Å². The number of rotatable bonds is 5. The summed E-state index contributed by atoms with van der Waals surface area (Å²) >= 11 is 0. The van der Waals surface area contributed by atoms with E-state index in [1.54, 1.807) is 6.92 Å². The van der Waals surface area contributed by atoms with E-state index >= 15 is 0 Å². The molecule has 0 unspecified atom stereocenters. The predicted octanol–water partition coefficient (Wildman–Crippen LogP) is 4.80. The van der Waals surface area contributed by atoms with Gasteiger partial charge in [0.1, 0.15) is 5.82 Å². The molecule has 3 aromatic rings. The molecule has 1 aromatic heterocycles. The minimum atomic E-state index is -4.44. The maximum atomic E-state index is 14.5. The van der Waals surface area contributed by atoms with E-state index in [1.165, 1.54) is 33.8 Å². The number of hydrogen-bond acceptors (Lipinski definition) is 6. The molecule has 1 atom stereocenters. The van der Waals surface area contributed by atoms with Crippen LogP contribution >= 0.6 is 12.4 Å². The zero-order chi connectivity index (χ0) is 28.6. The van der Waals surface area contributed by atoms with E-state index in [-0.39, 0.29) is 54.6 Å². The first-order chi connectivity index (χ1) is 19.1. The number of fused-ring (bicyclic) bond motifs is 1. The minimum Gasteiger partial charge on any atom is -0.348 e. The molecule has 216 valence electrons. The summed E-state index contributed by atoms with van der Waals surface area (Å²) < 4.78 is 55.0. The van der Waals surface area contributed by atoms with Crippen LogP contribution in [-0.4, -0.2) is 40.1 Å². The number of benzene rings is 2. The number of nitrogens with zero attached hydrogens (tertiary/aromatic N) is 5.